The molecule has 1 heterocycles. The molecule has 4 N–H and O–H groups in total. The number of fused-ring (bicyclic) bond motifs is 1. The SMILES string of the molecule is NC(CCCCB(O)O)C1CC(CCc2ccc3c(c2)CCO3)C1. The van der Waals surface area contributed by atoms with E-state index in [1.165, 1.54) is 30.4 Å². The Labute approximate surface area is 145 Å². The van der Waals surface area contributed by atoms with Gasteiger partial charge < -0.3 is 20.5 Å². The van der Waals surface area contributed by atoms with Gasteiger partial charge in [0.15, 0.2) is 0 Å². The Morgan fingerprint density at radius 2 is 2.08 bits per heavy atom. The Morgan fingerprint density at radius 1 is 1.25 bits per heavy atom. The molecule has 1 unspecified atom stereocenters. The zero-order valence-electron chi connectivity index (χ0n) is 14.5. The first-order chi connectivity index (χ1) is 11.6. The van der Waals surface area contributed by atoms with E-state index < -0.39 is 7.12 Å². The van der Waals surface area contributed by atoms with Crippen LogP contribution in [0.15, 0.2) is 18.2 Å². The molecule has 0 radical (unpaired) electrons. The van der Waals surface area contributed by atoms with E-state index in [0.29, 0.717) is 12.2 Å². The van der Waals surface area contributed by atoms with Crippen LogP contribution in [0.25, 0.3) is 0 Å². The van der Waals surface area contributed by atoms with E-state index >= 15 is 0 Å². The van der Waals surface area contributed by atoms with Crippen LogP contribution in [0.1, 0.15) is 49.7 Å². The number of hydrogen-bond acceptors (Lipinski definition) is 4. The first-order valence-corrected chi connectivity index (χ1v) is 9.48. The molecule has 0 bridgehead atoms. The van der Waals surface area contributed by atoms with Crippen LogP contribution in [0.4, 0.5) is 0 Å². The number of nitrogens with two attached hydrogens (primary N) is 1. The van der Waals surface area contributed by atoms with Crippen molar-refractivity contribution in [3.8, 4) is 5.75 Å². The average molecular weight is 331 g/mol. The molecule has 1 aliphatic carbocycles. The molecule has 0 amide bonds. The van der Waals surface area contributed by atoms with Crippen molar-refractivity contribution in [1.29, 1.82) is 0 Å². The van der Waals surface area contributed by atoms with Gasteiger partial charge in [0.1, 0.15) is 5.75 Å². The summed E-state index contributed by atoms with van der Waals surface area (Å²) in [7, 11) is -1.17. The molecule has 0 saturated heterocycles. The fourth-order valence-electron chi connectivity index (χ4n) is 4.08. The van der Waals surface area contributed by atoms with Crippen molar-refractivity contribution in [1.82, 2.24) is 0 Å². The van der Waals surface area contributed by atoms with E-state index in [-0.39, 0.29) is 6.04 Å². The van der Waals surface area contributed by atoms with Crippen LogP contribution in [0.5, 0.6) is 5.75 Å². The highest BCUT2D eigenvalue weighted by molar-refractivity contribution is 6.40. The van der Waals surface area contributed by atoms with Gasteiger partial charge in [-0.2, -0.15) is 0 Å². The maximum absolute atomic E-state index is 8.84. The quantitative estimate of drug-likeness (QED) is 0.480. The minimum absolute atomic E-state index is 0.286. The van der Waals surface area contributed by atoms with E-state index in [0.717, 1.165) is 50.4 Å². The van der Waals surface area contributed by atoms with Gasteiger partial charge in [-0.15, -0.1) is 0 Å². The monoisotopic (exact) mass is 331 g/mol. The highest BCUT2D eigenvalue weighted by atomic mass is 16.5. The van der Waals surface area contributed by atoms with Gasteiger partial charge in [-0.3, -0.25) is 0 Å². The van der Waals surface area contributed by atoms with Crippen molar-refractivity contribution in [2.45, 2.75) is 63.7 Å². The van der Waals surface area contributed by atoms with E-state index in [1.54, 1.807) is 0 Å². The summed E-state index contributed by atoms with van der Waals surface area (Å²) in [6.45, 7) is 0.832. The number of benzene rings is 1. The van der Waals surface area contributed by atoms with E-state index in [2.05, 4.69) is 18.2 Å². The Bertz CT molecular complexity index is 531. The van der Waals surface area contributed by atoms with Crippen molar-refractivity contribution >= 4 is 7.12 Å². The Morgan fingerprint density at radius 3 is 2.88 bits per heavy atom. The molecule has 1 aliphatic heterocycles. The summed E-state index contributed by atoms with van der Waals surface area (Å²) >= 11 is 0. The molecule has 1 aromatic carbocycles. The van der Waals surface area contributed by atoms with Crippen LogP contribution in [0, 0.1) is 11.8 Å². The molecule has 0 aromatic heterocycles. The second-order valence-corrected chi connectivity index (χ2v) is 7.61. The van der Waals surface area contributed by atoms with Crippen LogP contribution < -0.4 is 10.5 Å². The number of rotatable bonds is 9. The second kappa shape index (κ2) is 8.37. The molecule has 4 nitrogen and oxygen atoms in total. The zero-order valence-corrected chi connectivity index (χ0v) is 14.5. The average Bonchev–Trinajstić information content (AvgIpc) is 2.97. The molecule has 5 heteroatoms. The molecule has 0 spiro atoms. The van der Waals surface area contributed by atoms with E-state index in [1.807, 2.05) is 0 Å². The van der Waals surface area contributed by atoms with Crippen molar-refractivity contribution in [3.63, 3.8) is 0 Å². The van der Waals surface area contributed by atoms with Crippen molar-refractivity contribution < 1.29 is 14.8 Å². The molecule has 24 heavy (non-hydrogen) atoms. The van der Waals surface area contributed by atoms with Gasteiger partial charge >= 0.3 is 7.12 Å². The summed E-state index contributed by atoms with van der Waals surface area (Å²) in [5, 5.41) is 17.7. The smallest absolute Gasteiger partial charge is 0.451 e. The lowest BCUT2D eigenvalue weighted by molar-refractivity contribution is 0.147. The van der Waals surface area contributed by atoms with Gasteiger partial charge in [0.2, 0.25) is 0 Å². The topological polar surface area (TPSA) is 75.7 Å². The molecule has 1 fully saturated rings. The number of hydrogen-bond donors (Lipinski definition) is 3. The lowest BCUT2D eigenvalue weighted by Crippen LogP contribution is -2.39. The molecular formula is C19H30BNO3. The van der Waals surface area contributed by atoms with Gasteiger partial charge in [-0.25, -0.2) is 0 Å². The van der Waals surface area contributed by atoms with Crippen LogP contribution in [0.3, 0.4) is 0 Å². The van der Waals surface area contributed by atoms with Crippen LogP contribution in [-0.4, -0.2) is 29.8 Å². The summed E-state index contributed by atoms with van der Waals surface area (Å²) in [6, 6.07) is 6.94. The third kappa shape index (κ3) is 4.75. The molecule has 132 valence electrons. The first-order valence-electron chi connectivity index (χ1n) is 9.48. The minimum Gasteiger partial charge on any atom is -0.493 e. The molecule has 3 rings (SSSR count). The predicted octanol–water partition coefficient (Wildman–Crippen LogP) is 2.55. The van der Waals surface area contributed by atoms with Gasteiger partial charge in [0.05, 0.1) is 6.61 Å². The summed E-state index contributed by atoms with van der Waals surface area (Å²) in [4.78, 5) is 0. The minimum atomic E-state index is -1.17. The highest BCUT2D eigenvalue weighted by Gasteiger charge is 2.32. The molecule has 1 saturated carbocycles. The third-order valence-corrected chi connectivity index (χ3v) is 5.72. The summed E-state index contributed by atoms with van der Waals surface area (Å²) in [6.07, 6.45) is 9.32. The second-order valence-electron chi connectivity index (χ2n) is 7.61. The molecular weight excluding hydrogens is 301 g/mol. The Balaban J connectivity index is 1.31. The van der Waals surface area contributed by atoms with Gasteiger partial charge in [-0.1, -0.05) is 25.0 Å². The molecule has 1 aromatic rings. The van der Waals surface area contributed by atoms with Crippen molar-refractivity contribution in [2.75, 3.05) is 6.61 Å². The fraction of sp³-hybridized carbons (Fsp3) is 0.684. The van der Waals surface area contributed by atoms with E-state index in [4.69, 9.17) is 20.5 Å². The molecule has 2 aliphatic rings. The number of ether oxygens (including phenoxy) is 1. The maximum atomic E-state index is 8.84. The Kier molecular flexibility index (Phi) is 6.20. The summed E-state index contributed by atoms with van der Waals surface area (Å²) in [5.41, 5.74) is 9.10. The lowest BCUT2D eigenvalue weighted by atomic mass is 9.68. The summed E-state index contributed by atoms with van der Waals surface area (Å²) < 4.78 is 5.56. The number of unbranched alkanes of at least 4 members (excludes halogenated alkanes) is 1. The Hall–Kier alpha value is -1.04. The normalized spacial score (nSPS) is 23.3. The first kappa shape index (κ1) is 17.8. The van der Waals surface area contributed by atoms with Crippen molar-refractivity contribution in [2.24, 2.45) is 17.6 Å². The zero-order chi connectivity index (χ0) is 16.9. The van der Waals surface area contributed by atoms with Crippen LogP contribution in [0.2, 0.25) is 6.32 Å². The fourth-order valence-corrected chi connectivity index (χ4v) is 4.08. The van der Waals surface area contributed by atoms with Gasteiger partial charge in [0, 0.05) is 12.5 Å². The van der Waals surface area contributed by atoms with Crippen LogP contribution in [-0.2, 0) is 12.8 Å². The lowest BCUT2D eigenvalue weighted by Gasteiger charge is -2.39. The summed E-state index contributed by atoms with van der Waals surface area (Å²) in [5.74, 6) is 2.56. The predicted molar refractivity (Wildman–Crippen MR) is 97.0 cm³/mol. The largest absolute Gasteiger partial charge is 0.493 e. The number of aryl methyl sites for hydroxylation is 1. The maximum Gasteiger partial charge on any atom is 0.451 e. The van der Waals surface area contributed by atoms with Crippen LogP contribution >= 0.6 is 0 Å². The third-order valence-electron chi connectivity index (χ3n) is 5.72. The standard InChI is InChI=1S/C19H30BNO3/c21-18(3-1-2-9-20(22)23)17-12-15(13-17)5-4-14-6-7-19-16(11-14)8-10-24-19/h6-7,11,15,17-18,22-23H,1-5,8-10,12-13,21H2. The van der Waals surface area contributed by atoms with E-state index in [9.17, 15) is 0 Å². The highest BCUT2D eigenvalue weighted by Crippen LogP contribution is 2.39. The van der Waals surface area contributed by atoms with Crippen molar-refractivity contribution in [3.05, 3.63) is 29.3 Å². The van der Waals surface area contributed by atoms with Gasteiger partial charge in [0.25, 0.3) is 0 Å². The van der Waals surface area contributed by atoms with Gasteiger partial charge in [-0.05, 0) is 67.5 Å². The molecule has 1 atom stereocenters.